The van der Waals surface area contributed by atoms with Crippen molar-refractivity contribution in [2.24, 2.45) is 0 Å². The van der Waals surface area contributed by atoms with Gasteiger partial charge in [-0.25, -0.2) is 4.98 Å². The second kappa shape index (κ2) is 7.55. The van der Waals surface area contributed by atoms with Crippen LogP contribution in [0.15, 0.2) is 35.7 Å². The van der Waals surface area contributed by atoms with Crippen LogP contribution in [0.25, 0.3) is 11.3 Å². The lowest BCUT2D eigenvalue weighted by atomic mass is 10.2. The summed E-state index contributed by atoms with van der Waals surface area (Å²) in [5.74, 6) is -0.161. The molecule has 2 amide bonds. The predicted molar refractivity (Wildman–Crippen MR) is 93.6 cm³/mol. The average Bonchev–Trinajstić information content (AvgIpc) is 3.10. The van der Waals surface area contributed by atoms with Gasteiger partial charge in [-0.15, -0.1) is 11.3 Å². The summed E-state index contributed by atoms with van der Waals surface area (Å²) < 4.78 is 0. The highest BCUT2D eigenvalue weighted by Crippen LogP contribution is 2.25. The van der Waals surface area contributed by atoms with Gasteiger partial charge in [0.05, 0.1) is 24.8 Å². The number of nitrogens with zero attached hydrogens (tertiary/aromatic N) is 2. The quantitative estimate of drug-likeness (QED) is 0.860. The van der Waals surface area contributed by atoms with E-state index in [0.717, 1.165) is 16.3 Å². The highest BCUT2D eigenvalue weighted by atomic mass is 32.1. The predicted octanol–water partition coefficient (Wildman–Crippen LogP) is 1.42. The van der Waals surface area contributed by atoms with Gasteiger partial charge in [-0.3, -0.25) is 14.9 Å². The molecule has 1 aromatic heterocycles. The van der Waals surface area contributed by atoms with Crippen molar-refractivity contribution in [3.05, 3.63) is 40.7 Å². The van der Waals surface area contributed by atoms with E-state index in [2.05, 4.69) is 15.6 Å². The SMILES string of the molecule is C[C@@H](NCC(=O)N1CCNC(=O)C1)c1nc(-c2ccccc2)cs1. The van der Waals surface area contributed by atoms with Gasteiger partial charge in [-0.05, 0) is 6.92 Å². The molecule has 7 heteroatoms. The third-order valence-electron chi connectivity index (χ3n) is 3.91. The molecule has 1 aliphatic rings. The van der Waals surface area contributed by atoms with E-state index in [-0.39, 0.29) is 30.9 Å². The topological polar surface area (TPSA) is 74.3 Å². The number of carbonyl (C=O) groups is 2. The van der Waals surface area contributed by atoms with Crippen molar-refractivity contribution in [3.63, 3.8) is 0 Å². The van der Waals surface area contributed by atoms with Gasteiger partial charge in [0.2, 0.25) is 11.8 Å². The maximum Gasteiger partial charge on any atom is 0.239 e. The number of hydrogen-bond acceptors (Lipinski definition) is 5. The second-order valence-electron chi connectivity index (χ2n) is 5.70. The van der Waals surface area contributed by atoms with E-state index in [9.17, 15) is 9.59 Å². The number of piperazine rings is 1. The minimum absolute atomic E-state index is 0.0185. The van der Waals surface area contributed by atoms with Gasteiger partial charge >= 0.3 is 0 Å². The molecule has 1 fully saturated rings. The molecule has 1 aliphatic heterocycles. The van der Waals surface area contributed by atoms with Gasteiger partial charge in [-0.1, -0.05) is 30.3 Å². The molecular weight excluding hydrogens is 324 g/mol. The van der Waals surface area contributed by atoms with Crippen LogP contribution in [0, 0.1) is 0 Å². The molecule has 126 valence electrons. The van der Waals surface area contributed by atoms with Crippen molar-refractivity contribution < 1.29 is 9.59 Å². The Balaban J connectivity index is 1.55. The van der Waals surface area contributed by atoms with Gasteiger partial charge in [0.25, 0.3) is 0 Å². The van der Waals surface area contributed by atoms with Gasteiger partial charge in [-0.2, -0.15) is 0 Å². The minimum atomic E-state index is -0.102. The summed E-state index contributed by atoms with van der Waals surface area (Å²) in [6, 6.07) is 10.00. The van der Waals surface area contributed by atoms with Crippen molar-refractivity contribution in [2.75, 3.05) is 26.2 Å². The molecule has 6 nitrogen and oxygen atoms in total. The summed E-state index contributed by atoms with van der Waals surface area (Å²) in [6.45, 7) is 3.42. The first kappa shape index (κ1) is 16.6. The zero-order valence-corrected chi connectivity index (χ0v) is 14.3. The highest BCUT2D eigenvalue weighted by molar-refractivity contribution is 7.10. The number of nitrogens with one attached hydrogen (secondary N) is 2. The van der Waals surface area contributed by atoms with Gasteiger partial charge < -0.3 is 10.2 Å². The molecule has 1 atom stereocenters. The van der Waals surface area contributed by atoms with Crippen molar-refractivity contribution in [2.45, 2.75) is 13.0 Å². The minimum Gasteiger partial charge on any atom is -0.353 e. The summed E-state index contributed by atoms with van der Waals surface area (Å²) in [5, 5.41) is 8.88. The summed E-state index contributed by atoms with van der Waals surface area (Å²) >= 11 is 1.58. The van der Waals surface area contributed by atoms with Crippen LogP contribution in [0.2, 0.25) is 0 Å². The Hall–Kier alpha value is -2.25. The molecule has 0 bridgehead atoms. The maximum atomic E-state index is 12.2. The van der Waals surface area contributed by atoms with Crippen LogP contribution in [-0.4, -0.2) is 47.9 Å². The number of hydrogen-bond donors (Lipinski definition) is 2. The number of carbonyl (C=O) groups excluding carboxylic acids is 2. The maximum absolute atomic E-state index is 12.2. The molecule has 0 radical (unpaired) electrons. The molecule has 0 unspecified atom stereocenters. The lowest BCUT2D eigenvalue weighted by Crippen LogP contribution is -2.52. The lowest BCUT2D eigenvalue weighted by molar-refractivity contribution is -0.137. The van der Waals surface area contributed by atoms with Crippen molar-refractivity contribution in [3.8, 4) is 11.3 Å². The van der Waals surface area contributed by atoms with E-state index in [1.165, 1.54) is 0 Å². The molecule has 2 aromatic rings. The van der Waals surface area contributed by atoms with Crippen LogP contribution in [0.4, 0.5) is 0 Å². The molecule has 0 saturated carbocycles. The molecule has 0 spiro atoms. The molecule has 0 aliphatic carbocycles. The first-order valence-corrected chi connectivity index (χ1v) is 8.80. The molecule has 2 heterocycles. The smallest absolute Gasteiger partial charge is 0.239 e. The summed E-state index contributed by atoms with van der Waals surface area (Å²) in [7, 11) is 0. The lowest BCUT2D eigenvalue weighted by Gasteiger charge is -2.27. The van der Waals surface area contributed by atoms with Gasteiger partial charge in [0.1, 0.15) is 5.01 Å². The van der Waals surface area contributed by atoms with E-state index >= 15 is 0 Å². The Morgan fingerprint density at radius 3 is 2.96 bits per heavy atom. The second-order valence-corrected chi connectivity index (χ2v) is 6.59. The zero-order chi connectivity index (χ0) is 16.9. The van der Waals surface area contributed by atoms with E-state index in [4.69, 9.17) is 0 Å². The number of benzene rings is 1. The van der Waals surface area contributed by atoms with Crippen LogP contribution >= 0.6 is 11.3 Å². The zero-order valence-electron chi connectivity index (χ0n) is 13.5. The standard InChI is InChI=1S/C17H20N4O2S/c1-12(19-9-16(23)21-8-7-18-15(22)10-21)17-20-14(11-24-17)13-5-3-2-4-6-13/h2-6,11-12,19H,7-10H2,1H3,(H,18,22)/t12-/m1/s1. The Morgan fingerprint density at radius 2 is 2.21 bits per heavy atom. The summed E-state index contributed by atoms with van der Waals surface area (Å²) in [6.07, 6.45) is 0. The first-order valence-electron chi connectivity index (χ1n) is 7.92. The van der Waals surface area contributed by atoms with Gasteiger partial charge in [0.15, 0.2) is 0 Å². The Labute approximate surface area is 144 Å². The van der Waals surface area contributed by atoms with E-state index in [0.29, 0.717) is 13.1 Å². The number of amides is 2. The van der Waals surface area contributed by atoms with Crippen LogP contribution in [0.1, 0.15) is 18.0 Å². The van der Waals surface area contributed by atoms with Crippen molar-refractivity contribution in [1.29, 1.82) is 0 Å². The Kier molecular flexibility index (Phi) is 5.22. The molecule has 1 aromatic carbocycles. The molecular formula is C17H20N4O2S. The monoisotopic (exact) mass is 344 g/mol. The average molecular weight is 344 g/mol. The van der Waals surface area contributed by atoms with E-state index in [1.54, 1.807) is 16.2 Å². The highest BCUT2D eigenvalue weighted by Gasteiger charge is 2.21. The Morgan fingerprint density at radius 1 is 1.42 bits per heavy atom. The fourth-order valence-electron chi connectivity index (χ4n) is 2.52. The van der Waals surface area contributed by atoms with Crippen LogP contribution < -0.4 is 10.6 Å². The fraction of sp³-hybridized carbons (Fsp3) is 0.353. The summed E-state index contributed by atoms with van der Waals surface area (Å²) in [5.41, 5.74) is 2.03. The van der Waals surface area contributed by atoms with Gasteiger partial charge in [0, 0.05) is 24.0 Å². The van der Waals surface area contributed by atoms with Crippen molar-refractivity contribution >= 4 is 23.2 Å². The number of rotatable bonds is 5. The molecule has 24 heavy (non-hydrogen) atoms. The first-order chi connectivity index (χ1) is 11.6. The van der Waals surface area contributed by atoms with E-state index < -0.39 is 0 Å². The summed E-state index contributed by atoms with van der Waals surface area (Å²) in [4.78, 5) is 29.7. The largest absolute Gasteiger partial charge is 0.353 e. The van der Waals surface area contributed by atoms with Crippen LogP contribution in [0.3, 0.4) is 0 Å². The van der Waals surface area contributed by atoms with E-state index in [1.807, 2.05) is 42.6 Å². The molecule has 1 saturated heterocycles. The Bertz CT molecular complexity index is 716. The molecule has 2 N–H and O–H groups in total. The normalized spacial score (nSPS) is 15.9. The molecule has 3 rings (SSSR count). The third-order valence-corrected chi connectivity index (χ3v) is 4.94. The van der Waals surface area contributed by atoms with Crippen LogP contribution in [-0.2, 0) is 9.59 Å². The van der Waals surface area contributed by atoms with Crippen molar-refractivity contribution in [1.82, 2.24) is 20.5 Å². The third kappa shape index (κ3) is 3.98. The number of aromatic nitrogens is 1. The van der Waals surface area contributed by atoms with Crippen LogP contribution in [0.5, 0.6) is 0 Å². The fourth-order valence-corrected chi connectivity index (χ4v) is 3.38. The number of thiazole rings is 1.